The van der Waals surface area contributed by atoms with Gasteiger partial charge in [0.05, 0.1) is 4.90 Å². The second kappa shape index (κ2) is 5.79. The number of sulfone groups is 1. The summed E-state index contributed by atoms with van der Waals surface area (Å²) in [4.78, 5) is 1.04. The van der Waals surface area contributed by atoms with Gasteiger partial charge in [-0.25, -0.2) is 12.8 Å². The summed E-state index contributed by atoms with van der Waals surface area (Å²) in [6.07, 6.45) is 1.16. The Labute approximate surface area is 137 Å². The first-order valence-electron chi connectivity index (χ1n) is 6.74. The van der Waals surface area contributed by atoms with Gasteiger partial charge >= 0.3 is 0 Å². The third-order valence-corrected chi connectivity index (χ3v) is 5.53. The first-order valence-corrected chi connectivity index (χ1v) is 9.44. The lowest BCUT2D eigenvalue weighted by Crippen LogP contribution is -1.96. The van der Waals surface area contributed by atoms with Gasteiger partial charge in [-0.15, -0.1) is 0 Å². The first-order chi connectivity index (χ1) is 10.8. The minimum absolute atomic E-state index is 0.145. The average molecular weight is 348 g/mol. The van der Waals surface area contributed by atoms with E-state index in [0.717, 1.165) is 27.8 Å². The summed E-state index contributed by atoms with van der Waals surface area (Å²) < 4.78 is 36.1. The Kier molecular flexibility index (Phi) is 3.95. The van der Waals surface area contributed by atoms with E-state index in [2.05, 4.69) is 0 Å². The van der Waals surface area contributed by atoms with Crippen LogP contribution in [0.25, 0.3) is 21.6 Å². The molecule has 0 fully saturated rings. The van der Waals surface area contributed by atoms with Gasteiger partial charge in [0.2, 0.25) is 0 Å². The van der Waals surface area contributed by atoms with Crippen molar-refractivity contribution >= 4 is 21.2 Å². The molecule has 0 aliphatic carbocycles. The number of halogens is 1. The van der Waals surface area contributed by atoms with Crippen molar-refractivity contribution in [1.82, 2.24) is 0 Å². The molecule has 0 radical (unpaired) electrons. The number of thiophene rings is 1. The molecule has 6 heteroatoms. The van der Waals surface area contributed by atoms with Gasteiger partial charge in [-0.2, -0.15) is 0 Å². The van der Waals surface area contributed by atoms with E-state index in [1.54, 1.807) is 30.3 Å². The minimum atomic E-state index is -3.25. The highest BCUT2D eigenvalue weighted by Gasteiger charge is 2.14. The van der Waals surface area contributed by atoms with Gasteiger partial charge in [0.1, 0.15) is 5.82 Å². The lowest BCUT2D eigenvalue weighted by Gasteiger charge is -2.05. The van der Waals surface area contributed by atoms with Crippen molar-refractivity contribution in [2.75, 3.05) is 6.26 Å². The van der Waals surface area contributed by atoms with E-state index in [-0.39, 0.29) is 15.8 Å². The topological polar surface area (TPSA) is 54.4 Å². The van der Waals surface area contributed by atoms with Crippen LogP contribution in [0, 0.1) is 5.82 Å². The van der Waals surface area contributed by atoms with Crippen LogP contribution in [0.3, 0.4) is 0 Å². The molecule has 1 N–H and O–H groups in total. The van der Waals surface area contributed by atoms with E-state index < -0.39 is 9.84 Å². The molecule has 0 bridgehead atoms. The Hall–Kier alpha value is -2.18. The zero-order valence-electron chi connectivity index (χ0n) is 12.2. The Morgan fingerprint density at radius 2 is 1.52 bits per heavy atom. The van der Waals surface area contributed by atoms with Crippen molar-refractivity contribution < 1.29 is 17.9 Å². The van der Waals surface area contributed by atoms with Gasteiger partial charge in [0.15, 0.2) is 14.9 Å². The molecular weight excluding hydrogens is 335 g/mol. The van der Waals surface area contributed by atoms with Crippen LogP contribution in [-0.2, 0) is 9.84 Å². The Bertz CT molecular complexity index is 941. The molecule has 23 heavy (non-hydrogen) atoms. The van der Waals surface area contributed by atoms with Crippen molar-refractivity contribution in [3.8, 4) is 26.6 Å². The quantitative estimate of drug-likeness (QED) is 0.766. The third-order valence-electron chi connectivity index (χ3n) is 3.42. The summed E-state index contributed by atoms with van der Waals surface area (Å²) in [5.74, 6) is -0.325. The number of rotatable bonds is 3. The molecule has 0 spiro atoms. The first kappa shape index (κ1) is 15.7. The SMILES string of the molecule is CS(=O)(=O)c1ccc(-c2cc(O)sc2-c2ccc(F)cc2)cc1. The van der Waals surface area contributed by atoms with Gasteiger partial charge in [-0.05, 0) is 35.4 Å². The van der Waals surface area contributed by atoms with E-state index in [0.29, 0.717) is 0 Å². The predicted octanol–water partition coefficient (Wildman–Crippen LogP) is 4.33. The Morgan fingerprint density at radius 3 is 2.09 bits per heavy atom. The molecule has 0 aliphatic rings. The maximum Gasteiger partial charge on any atom is 0.175 e. The van der Waals surface area contributed by atoms with Crippen molar-refractivity contribution in [2.24, 2.45) is 0 Å². The molecule has 3 rings (SSSR count). The zero-order valence-corrected chi connectivity index (χ0v) is 13.8. The van der Waals surface area contributed by atoms with Crippen LogP contribution >= 0.6 is 11.3 Å². The Morgan fingerprint density at radius 1 is 0.957 bits per heavy atom. The number of hydrogen-bond acceptors (Lipinski definition) is 4. The Balaban J connectivity index is 2.09. The van der Waals surface area contributed by atoms with Crippen LogP contribution < -0.4 is 0 Å². The van der Waals surface area contributed by atoms with Crippen LogP contribution in [0.5, 0.6) is 5.06 Å². The molecule has 3 nitrogen and oxygen atoms in total. The summed E-state index contributed by atoms with van der Waals surface area (Å²) in [6.45, 7) is 0. The molecule has 2 aromatic carbocycles. The second-order valence-electron chi connectivity index (χ2n) is 5.13. The summed E-state index contributed by atoms with van der Waals surface area (Å²) in [5.41, 5.74) is 2.35. The molecule has 1 heterocycles. The summed E-state index contributed by atoms with van der Waals surface area (Å²) in [7, 11) is -3.25. The number of hydrogen-bond donors (Lipinski definition) is 1. The molecule has 118 valence electrons. The lowest BCUT2D eigenvalue weighted by molar-refractivity contribution is 0.491. The minimum Gasteiger partial charge on any atom is -0.499 e. The van der Waals surface area contributed by atoms with Crippen LogP contribution in [0.2, 0.25) is 0 Å². The third kappa shape index (κ3) is 3.28. The van der Waals surface area contributed by atoms with Gasteiger partial charge < -0.3 is 5.11 Å². The molecule has 0 unspecified atom stereocenters. The number of benzene rings is 2. The van der Waals surface area contributed by atoms with Crippen LogP contribution in [-0.4, -0.2) is 19.8 Å². The highest BCUT2D eigenvalue weighted by atomic mass is 32.2. The van der Waals surface area contributed by atoms with Crippen molar-refractivity contribution in [1.29, 1.82) is 0 Å². The largest absolute Gasteiger partial charge is 0.499 e. The summed E-state index contributed by atoms with van der Waals surface area (Å²) >= 11 is 1.19. The van der Waals surface area contributed by atoms with Crippen LogP contribution in [0.4, 0.5) is 4.39 Å². The maximum absolute atomic E-state index is 13.1. The van der Waals surface area contributed by atoms with Gasteiger partial charge in [-0.3, -0.25) is 0 Å². The normalized spacial score (nSPS) is 11.6. The molecule has 3 aromatic rings. The average Bonchev–Trinajstić information content (AvgIpc) is 2.89. The van der Waals surface area contributed by atoms with Crippen LogP contribution in [0.15, 0.2) is 59.5 Å². The summed E-state index contributed by atoms with van der Waals surface area (Å²) in [6, 6.07) is 14.1. The van der Waals surface area contributed by atoms with E-state index in [1.165, 1.54) is 35.6 Å². The fourth-order valence-electron chi connectivity index (χ4n) is 2.29. The molecule has 0 saturated carbocycles. The molecule has 0 atom stereocenters. The van der Waals surface area contributed by atoms with E-state index in [4.69, 9.17) is 0 Å². The highest BCUT2D eigenvalue weighted by molar-refractivity contribution is 7.90. The maximum atomic E-state index is 13.1. The van der Waals surface area contributed by atoms with Crippen molar-refractivity contribution in [3.05, 3.63) is 60.4 Å². The fourth-order valence-corrected chi connectivity index (χ4v) is 3.85. The molecule has 1 aromatic heterocycles. The van der Waals surface area contributed by atoms with E-state index in [9.17, 15) is 17.9 Å². The zero-order chi connectivity index (χ0) is 16.6. The molecule has 0 aliphatic heterocycles. The van der Waals surface area contributed by atoms with Gasteiger partial charge in [0.25, 0.3) is 0 Å². The molecular formula is C17H13FO3S2. The van der Waals surface area contributed by atoms with Gasteiger partial charge in [-0.1, -0.05) is 35.6 Å². The highest BCUT2D eigenvalue weighted by Crippen LogP contribution is 2.42. The standard InChI is InChI=1S/C17H13FO3S2/c1-23(20,21)14-8-4-11(5-9-14)15-10-16(19)22-17(15)12-2-6-13(18)7-3-12/h2-10,19H,1H3. The van der Waals surface area contributed by atoms with E-state index in [1.807, 2.05) is 0 Å². The smallest absolute Gasteiger partial charge is 0.175 e. The monoisotopic (exact) mass is 348 g/mol. The molecule has 0 saturated heterocycles. The van der Waals surface area contributed by atoms with Crippen LogP contribution in [0.1, 0.15) is 0 Å². The second-order valence-corrected chi connectivity index (χ2v) is 8.18. The number of aromatic hydroxyl groups is 1. The van der Waals surface area contributed by atoms with E-state index >= 15 is 0 Å². The molecule has 0 amide bonds. The fraction of sp³-hybridized carbons (Fsp3) is 0.0588. The predicted molar refractivity (Wildman–Crippen MR) is 89.9 cm³/mol. The van der Waals surface area contributed by atoms with Gasteiger partial charge in [0, 0.05) is 22.8 Å². The van der Waals surface area contributed by atoms with Crippen molar-refractivity contribution in [3.63, 3.8) is 0 Å². The van der Waals surface area contributed by atoms with Crippen molar-refractivity contribution in [2.45, 2.75) is 4.90 Å². The summed E-state index contributed by atoms with van der Waals surface area (Å²) in [5, 5.41) is 9.99. The lowest BCUT2D eigenvalue weighted by atomic mass is 10.0.